The Hall–Kier alpha value is -1.24. The predicted octanol–water partition coefficient (Wildman–Crippen LogP) is 2.13. The third-order valence-electron chi connectivity index (χ3n) is 2.76. The molecular formula is C14H21FN2O2S. The maximum atomic E-state index is 14.0. The van der Waals surface area contributed by atoms with Crippen LogP contribution in [-0.2, 0) is 16.6 Å². The molecule has 0 bridgehead atoms. The minimum Gasteiger partial charge on any atom is -0.313 e. The summed E-state index contributed by atoms with van der Waals surface area (Å²) < 4.78 is 39.6. The van der Waals surface area contributed by atoms with Gasteiger partial charge in [0.15, 0.2) is 0 Å². The van der Waals surface area contributed by atoms with Crippen molar-refractivity contribution in [2.24, 2.45) is 0 Å². The molecule has 0 aliphatic heterocycles. The molecule has 1 N–H and O–H groups in total. The third kappa shape index (κ3) is 4.13. The van der Waals surface area contributed by atoms with E-state index in [1.54, 1.807) is 13.0 Å². The fraction of sp³-hybridized carbons (Fsp3) is 0.429. The summed E-state index contributed by atoms with van der Waals surface area (Å²) in [6.45, 7) is 8.78. The fourth-order valence-electron chi connectivity index (χ4n) is 1.77. The molecule has 0 aliphatic rings. The van der Waals surface area contributed by atoms with E-state index >= 15 is 0 Å². The summed E-state index contributed by atoms with van der Waals surface area (Å²) in [7, 11) is -2.41. The molecule has 0 aliphatic carbocycles. The van der Waals surface area contributed by atoms with E-state index in [9.17, 15) is 12.8 Å². The van der Waals surface area contributed by atoms with Crippen LogP contribution in [0.15, 0.2) is 35.2 Å². The van der Waals surface area contributed by atoms with Crippen LogP contribution in [0, 0.1) is 5.82 Å². The highest BCUT2D eigenvalue weighted by Crippen LogP contribution is 2.20. The Bertz CT molecular complexity index is 585. The smallest absolute Gasteiger partial charge is 0.246 e. The third-order valence-corrected chi connectivity index (χ3v) is 4.59. The Morgan fingerprint density at radius 3 is 2.60 bits per heavy atom. The first-order valence-electron chi connectivity index (χ1n) is 6.39. The minimum absolute atomic E-state index is 0.168. The lowest BCUT2D eigenvalue weighted by Gasteiger charge is -2.18. The van der Waals surface area contributed by atoms with Crippen molar-refractivity contribution in [1.29, 1.82) is 0 Å². The van der Waals surface area contributed by atoms with Gasteiger partial charge in [0.2, 0.25) is 10.0 Å². The van der Waals surface area contributed by atoms with Gasteiger partial charge in [0.25, 0.3) is 0 Å². The van der Waals surface area contributed by atoms with Gasteiger partial charge in [-0.2, -0.15) is 4.31 Å². The molecule has 0 fully saturated rings. The van der Waals surface area contributed by atoms with Crippen molar-refractivity contribution < 1.29 is 12.8 Å². The first kappa shape index (κ1) is 16.8. The van der Waals surface area contributed by atoms with E-state index in [4.69, 9.17) is 0 Å². The zero-order valence-electron chi connectivity index (χ0n) is 12.1. The van der Waals surface area contributed by atoms with E-state index in [1.165, 1.54) is 19.2 Å². The van der Waals surface area contributed by atoms with Gasteiger partial charge in [-0.15, -0.1) is 0 Å². The predicted molar refractivity (Wildman–Crippen MR) is 78.4 cm³/mol. The van der Waals surface area contributed by atoms with Crippen molar-refractivity contribution in [3.05, 3.63) is 41.7 Å². The number of rotatable bonds is 7. The standard InChI is InChI=1S/C14H21FN2O2S/c1-5-16-9-12-6-7-14(13(15)8-12)20(18,19)17(4)10-11(2)3/h6-8,16H,2,5,9-10H2,1,3-4H3. The van der Waals surface area contributed by atoms with Gasteiger partial charge >= 0.3 is 0 Å². The molecule has 0 amide bonds. The largest absolute Gasteiger partial charge is 0.313 e. The van der Waals surface area contributed by atoms with Gasteiger partial charge in [-0.25, -0.2) is 12.8 Å². The quantitative estimate of drug-likeness (QED) is 0.785. The average Bonchev–Trinajstić information content (AvgIpc) is 2.35. The van der Waals surface area contributed by atoms with Crippen LogP contribution in [0.3, 0.4) is 0 Å². The zero-order valence-corrected chi connectivity index (χ0v) is 12.9. The Morgan fingerprint density at radius 2 is 2.10 bits per heavy atom. The Kier molecular flexibility index (Phi) is 5.86. The van der Waals surface area contributed by atoms with E-state index in [-0.39, 0.29) is 11.4 Å². The summed E-state index contributed by atoms with van der Waals surface area (Å²) in [5.41, 5.74) is 1.41. The van der Waals surface area contributed by atoms with E-state index in [2.05, 4.69) is 11.9 Å². The monoisotopic (exact) mass is 300 g/mol. The molecule has 0 aromatic heterocycles. The highest BCUT2D eigenvalue weighted by atomic mass is 32.2. The molecule has 6 heteroatoms. The Balaban J connectivity index is 3.04. The summed E-state index contributed by atoms with van der Waals surface area (Å²) in [6.07, 6.45) is 0. The number of halogens is 1. The fourth-order valence-corrected chi connectivity index (χ4v) is 3.04. The molecule has 112 valence electrons. The van der Waals surface area contributed by atoms with Gasteiger partial charge in [0, 0.05) is 20.1 Å². The first-order chi connectivity index (χ1) is 9.28. The lowest BCUT2D eigenvalue weighted by molar-refractivity contribution is 0.483. The second-order valence-electron chi connectivity index (χ2n) is 4.76. The number of hydrogen-bond donors (Lipinski definition) is 1. The van der Waals surface area contributed by atoms with Gasteiger partial charge < -0.3 is 5.32 Å². The van der Waals surface area contributed by atoms with Crippen molar-refractivity contribution in [3.8, 4) is 0 Å². The van der Waals surface area contributed by atoms with Gasteiger partial charge in [0.1, 0.15) is 10.7 Å². The van der Waals surface area contributed by atoms with Gasteiger partial charge in [-0.3, -0.25) is 0 Å². The van der Waals surface area contributed by atoms with Crippen molar-refractivity contribution in [2.45, 2.75) is 25.3 Å². The number of sulfonamides is 1. The van der Waals surface area contributed by atoms with Crippen LogP contribution in [0.2, 0.25) is 0 Å². The number of nitrogens with zero attached hydrogens (tertiary/aromatic N) is 1. The summed E-state index contributed by atoms with van der Waals surface area (Å²) in [4.78, 5) is -0.304. The number of benzene rings is 1. The SMILES string of the molecule is C=C(C)CN(C)S(=O)(=O)c1ccc(CNCC)cc1F. The molecule has 0 unspecified atom stereocenters. The number of hydrogen-bond acceptors (Lipinski definition) is 3. The highest BCUT2D eigenvalue weighted by molar-refractivity contribution is 7.89. The van der Waals surface area contributed by atoms with Crippen molar-refractivity contribution in [3.63, 3.8) is 0 Å². The van der Waals surface area contributed by atoms with E-state index in [1.807, 2.05) is 6.92 Å². The Labute approximate surface area is 120 Å². The molecular weight excluding hydrogens is 279 g/mol. The molecule has 1 aromatic carbocycles. The van der Waals surface area contributed by atoms with Gasteiger partial charge in [-0.1, -0.05) is 25.1 Å². The molecule has 1 aromatic rings. The van der Waals surface area contributed by atoms with Crippen molar-refractivity contribution in [1.82, 2.24) is 9.62 Å². The molecule has 20 heavy (non-hydrogen) atoms. The second kappa shape index (κ2) is 6.97. The molecule has 0 heterocycles. The molecule has 0 spiro atoms. The van der Waals surface area contributed by atoms with Crippen LogP contribution < -0.4 is 5.32 Å². The molecule has 1 rings (SSSR count). The lowest BCUT2D eigenvalue weighted by Crippen LogP contribution is -2.29. The molecule has 0 radical (unpaired) electrons. The zero-order chi connectivity index (χ0) is 15.3. The van der Waals surface area contributed by atoms with Crippen LogP contribution >= 0.6 is 0 Å². The Morgan fingerprint density at radius 1 is 1.45 bits per heavy atom. The maximum absolute atomic E-state index is 14.0. The summed E-state index contributed by atoms with van der Waals surface area (Å²) >= 11 is 0. The molecule has 0 atom stereocenters. The van der Waals surface area contributed by atoms with Crippen LogP contribution in [0.4, 0.5) is 4.39 Å². The average molecular weight is 300 g/mol. The summed E-state index contributed by atoms with van der Waals surface area (Å²) in [5.74, 6) is -0.728. The second-order valence-corrected chi connectivity index (χ2v) is 6.78. The molecule has 4 nitrogen and oxygen atoms in total. The summed E-state index contributed by atoms with van der Waals surface area (Å²) in [6, 6.07) is 4.18. The number of likely N-dealkylation sites (N-methyl/N-ethyl adjacent to an activating group) is 1. The first-order valence-corrected chi connectivity index (χ1v) is 7.83. The van der Waals surface area contributed by atoms with Gasteiger partial charge in [-0.05, 0) is 31.2 Å². The van der Waals surface area contributed by atoms with Crippen LogP contribution in [0.5, 0.6) is 0 Å². The van der Waals surface area contributed by atoms with E-state index in [0.29, 0.717) is 17.7 Å². The van der Waals surface area contributed by atoms with Crippen LogP contribution in [0.1, 0.15) is 19.4 Å². The maximum Gasteiger partial charge on any atom is 0.246 e. The van der Waals surface area contributed by atoms with Crippen LogP contribution in [-0.4, -0.2) is 32.9 Å². The highest BCUT2D eigenvalue weighted by Gasteiger charge is 2.24. The van der Waals surface area contributed by atoms with Crippen molar-refractivity contribution >= 4 is 10.0 Å². The number of nitrogens with one attached hydrogen (secondary N) is 1. The minimum atomic E-state index is -3.82. The lowest BCUT2D eigenvalue weighted by atomic mass is 10.2. The van der Waals surface area contributed by atoms with E-state index in [0.717, 1.165) is 10.8 Å². The van der Waals surface area contributed by atoms with Crippen LogP contribution in [0.25, 0.3) is 0 Å². The van der Waals surface area contributed by atoms with E-state index < -0.39 is 15.8 Å². The molecule has 0 saturated heterocycles. The topological polar surface area (TPSA) is 49.4 Å². The summed E-state index contributed by atoms with van der Waals surface area (Å²) in [5, 5.41) is 3.06. The normalized spacial score (nSPS) is 11.8. The van der Waals surface area contributed by atoms with Crippen molar-refractivity contribution in [2.75, 3.05) is 20.1 Å². The van der Waals surface area contributed by atoms with Gasteiger partial charge in [0.05, 0.1) is 0 Å². The molecule has 0 saturated carbocycles.